The molecule has 0 atom stereocenters. The third kappa shape index (κ3) is 4.68. The SMILES string of the molecule is O=C(/C=C/c1cccc(Cl)c1)OCc1nc(-c2ccccc2Cl)no1. The Bertz CT molecular complexity index is 922. The number of aromatic nitrogens is 2. The predicted octanol–water partition coefficient (Wildman–Crippen LogP) is 4.80. The maximum Gasteiger partial charge on any atom is 0.331 e. The third-order valence-electron chi connectivity index (χ3n) is 3.18. The molecule has 3 rings (SSSR count). The van der Waals surface area contributed by atoms with Gasteiger partial charge >= 0.3 is 5.97 Å². The Morgan fingerprint density at radius 3 is 2.80 bits per heavy atom. The molecule has 0 saturated carbocycles. The van der Waals surface area contributed by atoms with Gasteiger partial charge in [0.2, 0.25) is 5.82 Å². The number of benzene rings is 2. The average molecular weight is 375 g/mol. The van der Waals surface area contributed by atoms with Crippen LogP contribution in [0.4, 0.5) is 0 Å². The molecule has 25 heavy (non-hydrogen) atoms. The van der Waals surface area contributed by atoms with Crippen molar-refractivity contribution < 1.29 is 14.1 Å². The van der Waals surface area contributed by atoms with Crippen LogP contribution in [0.15, 0.2) is 59.1 Å². The van der Waals surface area contributed by atoms with Crippen molar-refractivity contribution >= 4 is 35.2 Å². The molecule has 0 bridgehead atoms. The largest absolute Gasteiger partial charge is 0.452 e. The van der Waals surface area contributed by atoms with E-state index >= 15 is 0 Å². The van der Waals surface area contributed by atoms with Gasteiger partial charge in [-0.05, 0) is 35.9 Å². The van der Waals surface area contributed by atoms with E-state index in [-0.39, 0.29) is 12.5 Å². The van der Waals surface area contributed by atoms with E-state index < -0.39 is 5.97 Å². The van der Waals surface area contributed by atoms with Gasteiger partial charge in [-0.25, -0.2) is 4.79 Å². The lowest BCUT2D eigenvalue weighted by molar-refractivity contribution is -0.139. The summed E-state index contributed by atoms with van der Waals surface area (Å²) in [6.07, 6.45) is 2.91. The van der Waals surface area contributed by atoms with Crippen LogP contribution in [0.5, 0.6) is 0 Å². The second-order valence-electron chi connectivity index (χ2n) is 4.99. The molecular weight excluding hydrogens is 363 g/mol. The van der Waals surface area contributed by atoms with Crippen molar-refractivity contribution in [2.45, 2.75) is 6.61 Å². The second kappa shape index (κ2) is 7.96. The zero-order chi connectivity index (χ0) is 17.6. The second-order valence-corrected chi connectivity index (χ2v) is 5.83. The van der Waals surface area contributed by atoms with Gasteiger partial charge in [0.1, 0.15) is 0 Å². The maximum absolute atomic E-state index is 11.8. The molecule has 0 saturated heterocycles. The Kier molecular flexibility index (Phi) is 5.48. The lowest BCUT2D eigenvalue weighted by Gasteiger charge is -1.98. The van der Waals surface area contributed by atoms with Gasteiger partial charge in [-0.2, -0.15) is 4.98 Å². The van der Waals surface area contributed by atoms with Gasteiger partial charge in [-0.15, -0.1) is 0 Å². The molecule has 0 unspecified atom stereocenters. The molecule has 1 aromatic heterocycles. The first-order valence-electron chi connectivity index (χ1n) is 7.30. The minimum Gasteiger partial charge on any atom is -0.452 e. The Morgan fingerprint density at radius 1 is 1.16 bits per heavy atom. The van der Waals surface area contributed by atoms with Crippen molar-refractivity contribution in [2.24, 2.45) is 0 Å². The first-order valence-corrected chi connectivity index (χ1v) is 8.05. The molecule has 0 amide bonds. The van der Waals surface area contributed by atoms with Crippen molar-refractivity contribution in [3.63, 3.8) is 0 Å². The van der Waals surface area contributed by atoms with Crippen LogP contribution in [-0.2, 0) is 16.1 Å². The molecule has 0 N–H and O–H groups in total. The number of esters is 1. The number of hydrogen-bond donors (Lipinski definition) is 0. The topological polar surface area (TPSA) is 65.2 Å². The summed E-state index contributed by atoms with van der Waals surface area (Å²) in [7, 11) is 0. The summed E-state index contributed by atoms with van der Waals surface area (Å²) in [5.74, 6) is -0.0111. The van der Waals surface area contributed by atoms with Gasteiger partial charge in [0.25, 0.3) is 5.89 Å². The molecule has 1 heterocycles. The molecule has 0 radical (unpaired) electrons. The van der Waals surface area contributed by atoms with Crippen LogP contribution < -0.4 is 0 Å². The van der Waals surface area contributed by atoms with Crippen LogP contribution in [-0.4, -0.2) is 16.1 Å². The average Bonchev–Trinajstić information content (AvgIpc) is 3.07. The van der Waals surface area contributed by atoms with Gasteiger partial charge in [-0.1, -0.05) is 52.6 Å². The summed E-state index contributed by atoms with van der Waals surface area (Å²) in [5, 5.41) is 4.94. The van der Waals surface area contributed by atoms with Crippen molar-refractivity contribution in [2.75, 3.05) is 0 Å². The first-order chi connectivity index (χ1) is 12.1. The number of halogens is 2. The van der Waals surface area contributed by atoms with E-state index in [4.69, 9.17) is 32.5 Å². The van der Waals surface area contributed by atoms with E-state index in [1.807, 2.05) is 12.1 Å². The van der Waals surface area contributed by atoms with Crippen molar-refractivity contribution in [1.29, 1.82) is 0 Å². The summed E-state index contributed by atoms with van der Waals surface area (Å²) in [6.45, 7) is -0.129. The number of nitrogens with zero attached hydrogens (tertiary/aromatic N) is 2. The fourth-order valence-electron chi connectivity index (χ4n) is 2.02. The highest BCUT2D eigenvalue weighted by Crippen LogP contribution is 2.24. The molecule has 0 spiro atoms. The third-order valence-corrected chi connectivity index (χ3v) is 3.75. The van der Waals surface area contributed by atoms with Crippen molar-refractivity contribution in [3.8, 4) is 11.4 Å². The first kappa shape index (κ1) is 17.2. The Balaban J connectivity index is 1.59. The van der Waals surface area contributed by atoms with E-state index in [1.165, 1.54) is 6.08 Å². The van der Waals surface area contributed by atoms with Crippen molar-refractivity contribution in [1.82, 2.24) is 10.1 Å². The minimum absolute atomic E-state index is 0.129. The van der Waals surface area contributed by atoms with Crippen LogP contribution in [0.1, 0.15) is 11.5 Å². The van der Waals surface area contributed by atoms with Gasteiger partial charge in [0.05, 0.1) is 5.02 Å². The molecule has 7 heteroatoms. The molecule has 3 aromatic rings. The van der Waals surface area contributed by atoms with Gasteiger partial charge < -0.3 is 9.26 Å². The van der Waals surface area contributed by atoms with Crippen molar-refractivity contribution in [3.05, 3.63) is 76.1 Å². The molecule has 126 valence electrons. The molecule has 2 aromatic carbocycles. The van der Waals surface area contributed by atoms with Gasteiger partial charge in [-0.3, -0.25) is 0 Å². The van der Waals surface area contributed by atoms with Crippen LogP contribution in [0.25, 0.3) is 17.5 Å². The molecule has 0 aliphatic rings. The summed E-state index contributed by atoms with van der Waals surface area (Å²) in [4.78, 5) is 15.9. The zero-order valence-corrected chi connectivity index (χ0v) is 14.4. The number of carbonyl (C=O) groups is 1. The number of hydrogen-bond acceptors (Lipinski definition) is 5. The maximum atomic E-state index is 11.8. The highest BCUT2D eigenvalue weighted by Gasteiger charge is 2.12. The summed E-state index contributed by atoms with van der Waals surface area (Å²) in [6, 6.07) is 14.2. The number of rotatable bonds is 5. The van der Waals surface area contributed by atoms with Gasteiger partial charge in [0.15, 0.2) is 6.61 Å². The van der Waals surface area contributed by atoms with E-state index in [9.17, 15) is 4.79 Å². The van der Waals surface area contributed by atoms with E-state index in [0.29, 0.717) is 21.4 Å². The normalized spacial score (nSPS) is 11.0. The van der Waals surface area contributed by atoms with E-state index in [1.54, 1.807) is 42.5 Å². The summed E-state index contributed by atoms with van der Waals surface area (Å²) >= 11 is 12.0. The molecule has 0 aliphatic carbocycles. The highest BCUT2D eigenvalue weighted by atomic mass is 35.5. The summed E-state index contributed by atoms with van der Waals surface area (Å²) < 4.78 is 10.1. The fourth-order valence-corrected chi connectivity index (χ4v) is 2.44. The lowest BCUT2D eigenvalue weighted by Crippen LogP contribution is -2.01. The highest BCUT2D eigenvalue weighted by molar-refractivity contribution is 6.33. The smallest absolute Gasteiger partial charge is 0.331 e. The van der Waals surface area contributed by atoms with E-state index in [2.05, 4.69) is 10.1 Å². The molecule has 0 aliphatic heterocycles. The van der Waals surface area contributed by atoms with Crippen LogP contribution >= 0.6 is 23.2 Å². The van der Waals surface area contributed by atoms with Gasteiger partial charge in [0, 0.05) is 16.7 Å². The lowest BCUT2D eigenvalue weighted by atomic mass is 10.2. The van der Waals surface area contributed by atoms with E-state index in [0.717, 1.165) is 5.56 Å². The monoisotopic (exact) mass is 374 g/mol. The Hall–Kier alpha value is -2.63. The Labute approximate surface area is 153 Å². The quantitative estimate of drug-likeness (QED) is 0.473. The number of ether oxygens (including phenoxy) is 1. The minimum atomic E-state index is -0.530. The zero-order valence-electron chi connectivity index (χ0n) is 12.9. The van der Waals surface area contributed by atoms with Crippen LogP contribution in [0.3, 0.4) is 0 Å². The standard InChI is InChI=1S/C18H12Cl2N2O3/c19-13-5-3-4-12(10-13)8-9-17(23)24-11-16-21-18(22-25-16)14-6-1-2-7-15(14)20/h1-10H,11H2/b9-8+. The van der Waals surface area contributed by atoms with Crippen LogP contribution in [0, 0.1) is 0 Å². The summed E-state index contributed by atoms with van der Waals surface area (Å²) in [5.41, 5.74) is 1.44. The molecule has 0 fully saturated rings. The fraction of sp³-hybridized carbons (Fsp3) is 0.0556. The molecular formula is C18H12Cl2N2O3. The Morgan fingerprint density at radius 2 is 2.00 bits per heavy atom. The molecule has 5 nitrogen and oxygen atoms in total. The number of carbonyl (C=O) groups excluding carboxylic acids is 1. The predicted molar refractivity (Wildman–Crippen MR) is 95.0 cm³/mol. The van der Waals surface area contributed by atoms with Crippen LogP contribution in [0.2, 0.25) is 10.0 Å².